The monoisotopic (exact) mass is 177 g/mol. The first kappa shape index (κ1) is 7.72. The molecule has 0 aliphatic carbocycles. The van der Waals surface area contributed by atoms with Crippen LogP contribution in [0.1, 0.15) is 0 Å². The Bertz CT molecular complexity index is 455. The highest BCUT2D eigenvalue weighted by Crippen LogP contribution is 1.92. The van der Waals surface area contributed by atoms with Crippen LogP contribution in [0, 0.1) is 0 Å². The summed E-state index contributed by atoms with van der Waals surface area (Å²) < 4.78 is 0. The Balaban J connectivity index is 2.55. The first-order valence-corrected chi connectivity index (χ1v) is 3.73. The highest BCUT2D eigenvalue weighted by Gasteiger charge is 2.09. The summed E-state index contributed by atoms with van der Waals surface area (Å²) in [6.07, 6.45) is 3.75. The number of carboxylic acid groups (broad SMARTS) is 1. The summed E-state index contributed by atoms with van der Waals surface area (Å²) >= 11 is 0. The first-order valence-electron chi connectivity index (χ1n) is 3.73. The summed E-state index contributed by atoms with van der Waals surface area (Å²) in [5.74, 6) is 0. The molecule has 1 aliphatic heterocycles. The third kappa shape index (κ3) is 1.35. The molecule has 0 bridgehead atoms. The second-order valence-corrected chi connectivity index (χ2v) is 2.62. The molecular formula is C8H7N3O2. The Morgan fingerprint density at radius 2 is 2.46 bits per heavy atom. The van der Waals surface area contributed by atoms with Gasteiger partial charge >= 0.3 is 6.09 Å². The molecule has 66 valence electrons. The molecule has 2 heterocycles. The molecular weight excluding hydrogens is 170 g/mol. The number of fused-ring (bicyclic) bond motifs is 1. The van der Waals surface area contributed by atoms with Crippen molar-refractivity contribution < 1.29 is 9.90 Å². The molecule has 0 aromatic carbocycles. The van der Waals surface area contributed by atoms with Crippen molar-refractivity contribution in [2.24, 2.45) is 4.99 Å². The topological polar surface area (TPSA) is 65.8 Å². The Kier molecular flexibility index (Phi) is 1.70. The molecule has 0 unspecified atom stereocenters. The van der Waals surface area contributed by atoms with Gasteiger partial charge in [0.2, 0.25) is 0 Å². The van der Waals surface area contributed by atoms with E-state index >= 15 is 0 Å². The number of rotatable bonds is 0. The molecule has 5 nitrogen and oxygen atoms in total. The van der Waals surface area contributed by atoms with Crippen molar-refractivity contribution in [3.8, 4) is 0 Å². The van der Waals surface area contributed by atoms with Crippen molar-refractivity contribution >= 4 is 12.3 Å². The third-order valence-corrected chi connectivity index (χ3v) is 1.76. The summed E-state index contributed by atoms with van der Waals surface area (Å²) in [6.45, 7) is 0.159. The van der Waals surface area contributed by atoms with Crippen LogP contribution in [0.3, 0.4) is 0 Å². The molecule has 0 spiro atoms. The van der Waals surface area contributed by atoms with E-state index in [2.05, 4.69) is 9.98 Å². The average molecular weight is 177 g/mol. The molecule has 0 fully saturated rings. The van der Waals surface area contributed by atoms with Crippen LogP contribution in [0.5, 0.6) is 0 Å². The Labute approximate surface area is 73.7 Å². The lowest BCUT2D eigenvalue weighted by Crippen LogP contribution is -2.38. The van der Waals surface area contributed by atoms with Crippen molar-refractivity contribution in [1.29, 1.82) is 0 Å². The number of hydrogen-bond donors (Lipinski definition) is 1. The van der Waals surface area contributed by atoms with Gasteiger partial charge in [0.25, 0.3) is 0 Å². The lowest BCUT2D eigenvalue weighted by atomic mass is 10.3. The third-order valence-electron chi connectivity index (χ3n) is 1.76. The zero-order chi connectivity index (χ0) is 9.26. The fourth-order valence-electron chi connectivity index (χ4n) is 1.12. The van der Waals surface area contributed by atoms with Crippen LogP contribution in [0.25, 0.3) is 6.20 Å². The van der Waals surface area contributed by atoms with Crippen molar-refractivity contribution in [3.05, 3.63) is 29.0 Å². The summed E-state index contributed by atoms with van der Waals surface area (Å²) in [5.41, 5.74) is 0. The van der Waals surface area contributed by atoms with Gasteiger partial charge in [-0.15, -0.1) is 0 Å². The first-order chi connectivity index (χ1) is 6.27. The Morgan fingerprint density at radius 1 is 1.62 bits per heavy atom. The highest BCUT2D eigenvalue weighted by atomic mass is 16.4. The largest absolute Gasteiger partial charge is 0.465 e. The van der Waals surface area contributed by atoms with E-state index in [1.54, 1.807) is 18.5 Å². The molecule has 1 N–H and O–H groups in total. The molecule has 0 atom stereocenters. The molecule has 1 aliphatic rings. The molecule has 1 aromatic heterocycles. The maximum atomic E-state index is 10.6. The number of aromatic nitrogens is 1. The van der Waals surface area contributed by atoms with Crippen LogP contribution < -0.4 is 10.6 Å². The zero-order valence-corrected chi connectivity index (χ0v) is 6.71. The minimum atomic E-state index is -1.00. The van der Waals surface area contributed by atoms with E-state index < -0.39 is 6.09 Å². The van der Waals surface area contributed by atoms with Gasteiger partial charge in [-0.05, 0) is 6.07 Å². The zero-order valence-electron chi connectivity index (χ0n) is 6.71. The molecule has 13 heavy (non-hydrogen) atoms. The van der Waals surface area contributed by atoms with Gasteiger partial charge in [-0.3, -0.25) is 14.9 Å². The summed E-state index contributed by atoms with van der Waals surface area (Å²) in [6, 6.07) is 1.75. The Hall–Kier alpha value is -1.91. The lowest BCUT2D eigenvalue weighted by Gasteiger charge is -2.13. The predicted octanol–water partition coefficient (Wildman–Crippen LogP) is -0.610. The van der Waals surface area contributed by atoms with E-state index in [0.29, 0.717) is 0 Å². The fourth-order valence-corrected chi connectivity index (χ4v) is 1.12. The highest BCUT2D eigenvalue weighted by molar-refractivity contribution is 5.70. The van der Waals surface area contributed by atoms with Crippen molar-refractivity contribution in [2.45, 2.75) is 0 Å². The minimum absolute atomic E-state index is 0.159. The minimum Gasteiger partial charge on any atom is -0.465 e. The van der Waals surface area contributed by atoms with Gasteiger partial charge in [0, 0.05) is 23.8 Å². The SMILES string of the molecule is O=C(O)N1C=c2cnccc2=NC1. The van der Waals surface area contributed by atoms with Crippen molar-refractivity contribution in [2.75, 3.05) is 6.67 Å². The lowest BCUT2D eigenvalue weighted by molar-refractivity contribution is 0.168. The van der Waals surface area contributed by atoms with E-state index in [1.807, 2.05) is 0 Å². The van der Waals surface area contributed by atoms with Gasteiger partial charge < -0.3 is 5.11 Å². The van der Waals surface area contributed by atoms with Gasteiger partial charge in [0.1, 0.15) is 6.67 Å². The number of pyridine rings is 1. The average Bonchev–Trinajstić information content (AvgIpc) is 2.17. The Morgan fingerprint density at radius 3 is 3.23 bits per heavy atom. The van der Waals surface area contributed by atoms with Crippen LogP contribution >= 0.6 is 0 Å². The van der Waals surface area contributed by atoms with Gasteiger partial charge in [-0.25, -0.2) is 4.79 Å². The van der Waals surface area contributed by atoms with Crippen LogP contribution in [0.4, 0.5) is 4.79 Å². The smallest absolute Gasteiger partial charge is 0.412 e. The maximum absolute atomic E-state index is 10.6. The normalized spacial score (nSPS) is 14.0. The predicted molar refractivity (Wildman–Crippen MR) is 44.2 cm³/mol. The fraction of sp³-hybridized carbons (Fsp3) is 0.125. The van der Waals surface area contributed by atoms with E-state index in [0.717, 1.165) is 15.5 Å². The van der Waals surface area contributed by atoms with E-state index in [1.165, 1.54) is 6.20 Å². The maximum Gasteiger partial charge on any atom is 0.412 e. The van der Waals surface area contributed by atoms with E-state index in [9.17, 15) is 4.79 Å². The second kappa shape index (κ2) is 2.85. The van der Waals surface area contributed by atoms with Gasteiger partial charge in [-0.1, -0.05) is 0 Å². The molecule has 1 amide bonds. The van der Waals surface area contributed by atoms with Gasteiger partial charge in [0.15, 0.2) is 0 Å². The molecule has 1 aromatic rings. The number of nitrogens with zero attached hydrogens (tertiary/aromatic N) is 3. The van der Waals surface area contributed by atoms with Crippen LogP contribution in [-0.4, -0.2) is 27.8 Å². The van der Waals surface area contributed by atoms with Crippen LogP contribution in [0.15, 0.2) is 23.5 Å². The van der Waals surface area contributed by atoms with Crippen LogP contribution in [0.2, 0.25) is 0 Å². The molecule has 0 saturated heterocycles. The molecule has 0 radical (unpaired) electrons. The number of hydrogen-bond acceptors (Lipinski definition) is 3. The molecule has 5 heteroatoms. The van der Waals surface area contributed by atoms with Gasteiger partial charge in [-0.2, -0.15) is 0 Å². The summed E-state index contributed by atoms with van der Waals surface area (Å²) in [7, 11) is 0. The summed E-state index contributed by atoms with van der Waals surface area (Å²) in [5, 5.41) is 10.2. The molecule has 2 rings (SSSR count). The van der Waals surface area contributed by atoms with E-state index in [4.69, 9.17) is 5.11 Å². The number of amides is 1. The van der Waals surface area contributed by atoms with E-state index in [-0.39, 0.29) is 6.67 Å². The summed E-state index contributed by atoms with van der Waals surface area (Å²) in [4.78, 5) is 19.6. The van der Waals surface area contributed by atoms with Crippen molar-refractivity contribution in [1.82, 2.24) is 9.88 Å². The van der Waals surface area contributed by atoms with Gasteiger partial charge in [0.05, 0.1) is 5.36 Å². The number of carbonyl (C=O) groups is 1. The van der Waals surface area contributed by atoms with Crippen molar-refractivity contribution in [3.63, 3.8) is 0 Å². The second-order valence-electron chi connectivity index (χ2n) is 2.62. The standard InChI is InChI=1S/C8H7N3O2/c12-8(13)11-4-6-3-9-2-1-7(6)10-5-11/h1-4H,5H2,(H,12,13). The quantitative estimate of drug-likeness (QED) is 0.575. The van der Waals surface area contributed by atoms with Crippen LogP contribution in [-0.2, 0) is 0 Å². The molecule has 0 saturated carbocycles.